The van der Waals surface area contributed by atoms with Crippen molar-refractivity contribution < 1.29 is 14.3 Å². The van der Waals surface area contributed by atoms with E-state index in [9.17, 15) is 4.79 Å². The summed E-state index contributed by atoms with van der Waals surface area (Å²) in [5.74, 6) is 3.08. The molecule has 2 aliphatic heterocycles. The molecule has 0 aliphatic carbocycles. The predicted molar refractivity (Wildman–Crippen MR) is 119 cm³/mol. The normalized spacial score (nSPS) is 15.6. The zero-order valence-electron chi connectivity index (χ0n) is 18.1. The maximum absolute atomic E-state index is 12.7. The Morgan fingerprint density at radius 2 is 1.75 bits per heavy atom. The zero-order valence-corrected chi connectivity index (χ0v) is 18.1. The summed E-state index contributed by atoms with van der Waals surface area (Å²) in [7, 11) is 0. The molecular formula is C23H24N6O3. The van der Waals surface area contributed by atoms with Gasteiger partial charge in [0.25, 0.3) is 0 Å². The van der Waals surface area contributed by atoms with Crippen molar-refractivity contribution in [2.75, 3.05) is 37.9 Å². The van der Waals surface area contributed by atoms with E-state index in [1.807, 2.05) is 53.7 Å². The van der Waals surface area contributed by atoms with E-state index in [-0.39, 0.29) is 12.7 Å². The van der Waals surface area contributed by atoms with Crippen molar-refractivity contribution in [3.63, 3.8) is 0 Å². The van der Waals surface area contributed by atoms with E-state index >= 15 is 0 Å². The molecule has 2 aromatic heterocycles. The highest BCUT2D eigenvalue weighted by Crippen LogP contribution is 2.32. The molecule has 164 valence electrons. The highest BCUT2D eigenvalue weighted by molar-refractivity contribution is 5.92. The third kappa shape index (κ3) is 3.89. The van der Waals surface area contributed by atoms with Crippen LogP contribution in [-0.2, 0) is 4.79 Å². The summed E-state index contributed by atoms with van der Waals surface area (Å²) in [4.78, 5) is 29.9. The maximum Gasteiger partial charge on any atom is 0.246 e. The minimum Gasteiger partial charge on any atom is -0.454 e. The largest absolute Gasteiger partial charge is 0.454 e. The molecule has 0 N–H and O–H groups in total. The number of fused-ring (bicyclic) bond motifs is 1. The number of hydrogen-bond donors (Lipinski definition) is 0. The molecule has 5 rings (SSSR count). The first-order valence-electron chi connectivity index (χ1n) is 10.5. The number of benzene rings is 1. The second-order valence-corrected chi connectivity index (χ2v) is 7.78. The third-order valence-corrected chi connectivity index (χ3v) is 5.87. The van der Waals surface area contributed by atoms with Gasteiger partial charge < -0.3 is 19.3 Å². The lowest BCUT2D eigenvalue weighted by Crippen LogP contribution is -2.48. The molecule has 9 heteroatoms. The van der Waals surface area contributed by atoms with E-state index in [0.29, 0.717) is 31.9 Å². The number of amides is 1. The Kier molecular flexibility index (Phi) is 5.22. The number of piperazine rings is 1. The van der Waals surface area contributed by atoms with Gasteiger partial charge in [0.15, 0.2) is 11.5 Å². The van der Waals surface area contributed by atoms with Crippen LogP contribution in [0.3, 0.4) is 0 Å². The van der Waals surface area contributed by atoms with Crippen LogP contribution in [-0.4, -0.2) is 63.3 Å². The van der Waals surface area contributed by atoms with Crippen LogP contribution in [0.2, 0.25) is 0 Å². The second-order valence-electron chi connectivity index (χ2n) is 7.78. The summed E-state index contributed by atoms with van der Waals surface area (Å²) < 4.78 is 12.7. The van der Waals surface area contributed by atoms with Crippen LogP contribution in [0.5, 0.6) is 11.5 Å². The number of carbonyl (C=O) groups excluding carboxylic acids is 1. The van der Waals surface area contributed by atoms with Crippen molar-refractivity contribution in [2.24, 2.45) is 0 Å². The number of anilines is 1. The molecule has 3 aromatic rings. The molecular weight excluding hydrogens is 408 g/mol. The number of hydrogen-bond acceptors (Lipinski definition) is 7. The topological polar surface area (TPSA) is 85.6 Å². The maximum atomic E-state index is 12.7. The van der Waals surface area contributed by atoms with Crippen LogP contribution in [0.15, 0.2) is 43.0 Å². The average molecular weight is 432 g/mol. The molecule has 0 bridgehead atoms. The van der Waals surface area contributed by atoms with Gasteiger partial charge in [0.1, 0.15) is 24.3 Å². The van der Waals surface area contributed by atoms with Crippen LogP contribution < -0.4 is 14.4 Å². The Hall–Kier alpha value is -3.88. The zero-order chi connectivity index (χ0) is 22.1. The van der Waals surface area contributed by atoms with E-state index in [0.717, 1.165) is 34.3 Å². The fourth-order valence-electron chi connectivity index (χ4n) is 3.82. The Labute approximate surface area is 185 Å². The molecule has 1 fully saturated rings. The molecule has 32 heavy (non-hydrogen) atoms. The lowest BCUT2D eigenvalue weighted by Gasteiger charge is -2.35. The van der Waals surface area contributed by atoms with Gasteiger partial charge in [0.05, 0.1) is 5.69 Å². The number of rotatable bonds is 4. The fraction of sp³-hybridized carbons (Fsp3) is 0.304. The SMILES string of the molecule is Cc1ncn(-c2cc(N3CCN(C(=O)/C=C/c4ccc5c(c4)OCO5)CC3)ncn2)c1C. The lowest BCUT2D eigenvalue weighted by atomic mass is 10.2. The highest BCUT2D eigenvalue weighted by Gasteiger charge is 2.21. The average Bonchev–Trinajstić information content (AvgIpc) is 3.43. The fourth-order valence-corrected chi connectivity index (χ4v) is 3.82. The summed E-state index contributed by atoms with van der Waals surface area (Å²) in [6.45, 7) is 6.92. The van der Waals surface area contributed by atoms with Crippen LogP contribution >= 0.6 is 0 Å². The summed E-state index contributed by atoms with van der Waals surface area (Å²) in [6.07, 6.45) is 6.77. The Balaban J connectivity index is 1.21. The van der Waals surface area contributed by atoms with Gasteiger partial charge in [-0.2, -0.15) is 0 Å². The van der Waals surface area contributed by atoms with E-state index in [4.69, 9.17) is 9.47 Å². The summed E-state index contributed by atoms with van der Waals surface area (Å²) >= 11 is 0. The third-order valence-electron chi connectivity index (χ3n) is 5.87. The van der Waals surface area contributed by atoms with Crippen LogP contribution in [0.1, 0.15) is 17.0 Å². The van der Waals surface area contributed by atoms with Gasteiger partial charge in [-0.1, -0.05) is 6.07 Å². The van der Waals surface area contributed by atoms with Crippen molar-refractivity contribution in [1.82, 2.24) is 24.4 Å². The van der Waals surface area contributed by atoms with Crippen molar-refractivity contribution in [2.45, 2.75) is 13.8 Å². The molecule has 0 saturated carbocycles. The molecule has 0 spiro atoms. The van der Waals surface area contributed by atoms with Crippen molar-refractivity contribution in [3.8, 4) is 17.3 Å². The van der Waals surface area contributed by atoms with Gasteiger partial charge in [-0.25, -0.2) is 15.0 Å². The lowest BCUT2D eigenvalue weighted by molar-refractivity contribution is -0.126. The molecule has 0 unspecified atom stereocenters. The van der Waals surface area contributed by atoms with Crippen LogP contribution in [0, 0.1) is 13.8 Å². The van der Waals surface area contributed by atoms with E-state index in [2.05, 4.69) is 19.9 Å². The van der Waals surface area contributed by atoms with E-state index < -0.39 is 0 Å². The number of aromatic nitrogens is 4. The highest BCUT2D eigenvalue weighted by atomic mass is 16.7. The Morgan fingerprint density at radius 1 is 0.969 bits per heavy atom. The smallest absolute Gasteiger partial charge is 0.246 e. The molecule has 1 saturated heterocycles. The first-order valence-corrected chi connectivity index (χ1v) is 10.5. The standard InChI is InChI=1S/C23H24N6O3/c1-16-17(2)29(14-26-16)22-12-21(24-13-25-22)27-7-9-28(10-8-27)23(30)6-4-18-3-5-19-20(11-18)32-15-31-19/h3-6,11-14H,7-10,15H2,1-2H3/b6-4+. The molecule has 9 nitrogen and oxygen atoms in total. The summed E-state index contributed by atoms with van der Waals surface area (Å²) in [5.41, 5.74) is 2.94. The Bertz CT molecular complexity index is 1180. The van der Waals surface area contributed by atoms with Gasteiger partial charge in [-0.15, -0.1) is 0 Å². The predicted octanol–water partition coefficient (Wildman–Crippen LogP) is 2.37. The number of ether oxygens (including phenoxy) is 2. The van der Waals surface area contributed by atoms with Gasteiger partial charge >= 0.3 is 0 Å². The van der Waals surface area contributed by atoms with E-state index in [1.165, 1.54) is 0 Å². The number of nitrogens with zero attached hydrogens (tertiary/aromatic N) is 6. The van der Waals surface area contributed by atoms with Gasteiger partial charge in [0.2, 0.25) is 12.7 Å². The monoisotopic (exact) mass is 432 g/mol. The number of aryl methyl sites for hydroxylation is 1. The van der Waals surface area contributed by atoms with Crippen LogP contribution in [0.4, 0.5) is 5.82 Å². The van der Waals surface area contributed by atoms with Gasteiger partial charge in [-0.3, -0.25) is 9.36 Å². The first kappa shape index (κ1) is 20.0. The first-order chi connectivity index (χ1) is 15.6. The molecule has 4 heterocycles. The van der Waals surface area contributed by atoms with E-state index in [1.54, 1.807) is 18.7 Å². The number of carbonyl (C=O) groups is 1. The van der Waals surface area contributed by atoms with Gasteiger partial charge in [-0.05, 0) is 37.6 Å². The summed E-state index contributed by atoms with van der Waals surface area (Å²) in [6, 6.07) is 7.60. The molecule has 2 aliphatic rings. The quantitative estimate of drug-likeness (QED) is 0.585. The second kappa shape index (κ2) is 8.33. The van der Waals surface area contributed by atoms with Crippen molar-refractivity contribution in [1.29, 1.82) is 0 Å². The number of imidazole rings is 1. The Morgan fingerprint density at radius 3 is 2.53 bits per heavy atom. The molecule has 1 aromatic carbocycles. The van der Waals surface area contributed by atoms with Crippen LogP contribution in [0.25, 0.3) is 11.9 Å². The van der Waals surface area contributed by atoms with Crippen molar-refractivity contribution >= 4 is 17.8 Å². The minimum absolute atomic E-state index is 0.00444. The van der Waals surface area contributed by atoms with Gasteiger partial charge in [0, 0.05) is 44.0 Å². The molecule has 0 radical (unpaired) electrons. The molecule has 0 atom stereocenters. The molecule has 1 amide bonds. The summed E-state index contributed by atoms with van der Waals surface area (Å²) in [5, 5.41) is 0. The minimum atomic E-state index is -0.00444. The van der Waals surface area contributed by atoms with Crippen molar-refractivity contribution in [3.05, 3.63) is 59.9 Å².